The first-order valence-corrected chi connectivity index (χ1v) is 7.90. The van der Waals surface area contributed by atoms with Crippen LogP contribution < -0.4 is 5.32 Å². The van der Waals surface area contributed by atoms with E-state index in [0.29, 0.717) is 5.41 Å². The van der Waals surface area contributed by atoms with Gasteiger partial charge in [-0.15, -0.1) is 0 Å². The molecule has 2 nitrogen and oxygen atoms in total. The van der Waals surface area contributed by atoms with E-state index in [0.717, 1.165) is 17.8 Å². The van der Waals surface area contributed by atoms with Gasteiger partial charge in [0.15, 0.2) is 0 Å². The minimum atomic E-state index is 0.500. The van der Waals surface area contributed by atoms with Gasteiger partial charge in [0.25, 0.3) is 0 Å². The molecular weight excluding hydrogens is 220 g/mol. The highest BCUT2D eigenvalue weighted by atomic mass is 15.1. The third-order valence-electron chi connectivity index (χ3n) is 5.21. The molecule has 2 rings (SSSR count). The molecule has 2 aliphatic rings. The monoisotopic (exact) mass is 252 g/mol. The van der Waals surface area contributed by atoms with E-state index in [9.17, 15) is 0 Å². The van der Waals surface area contributed by atoms with Crippen LogP contribution in [0.3, 0.4) is 0 Å². The van der Waals surface area contributed by atoms with Crippen LogP contribution in [-0.4, -0.2) is 37.6 Å². The molecule has 0 radical (unpaired) electrons. The van der Waals surface area contributed by atoms with Gasteiger partial charge in [-0.3, -0.25) is 0 Å². The molecule has 0 saturated carbocycles. The summed E-state index contributed by atoms with van der Waals surface area (Å²) in [6, 6.07) is 0. The first-order valence-electron chi connectivity index (χ1n) is 7.90. The predicted molar refractivity (Wildman–Crippen MR) is 78.8 cm³/mol. The van der Waals surface area contributed by atoms with Gasteiger partial charge in [-0.25, -0.2) is 0 Å². The van der Waals surface area contributed by atoms with Crippen molar-refractivity contribution in [1.82, 2.24) is 10.2 Å². The lowest BCUT2D eigenvalue weighted by Gasteiger charge is -2.35. The quantitative estimate of drug-likeness (QED) is 0.831. The summed E-state index contributed by atoms with van der Waals surface area (Å²) in [7, 11) is 0. The fraction of sp³-hybridized carbons (Fsp3) is 1.00. The smallest absolute Gasteiger partial charge is 0.00106 e. The summed E-state index contributed by atoms with van der Waals surface area (Å²) in [6.45, 7) is 16.2. The minimum Gasteiger partial charge on any atom is -0.316 e. The lowest BCUT2D eigenvalue weighted by molar-refractivity contribution is 0.162. The predicted octanol–water partition coefficient (Wildman–Crippen LogP) is 2.99. The van der Waals surface area contributed by atoms with Crippen LogP contribution >= 0.6 is 0 Å². The minimum absolute atomic E-state index is 0.500. The van der Waals surface area contributed by atoms with Crippen molar-refractivity contribution in [1.29, 1.82) is 0 Å². The van der Waals surface area contributed by atoms with E-state index < -0.39 is 0 Å². The maximum absolute atomic E-state index is 3.40. The van der Waals surface area contributed by atoms with E-state index >= 15 is 0 Å². The van der Waals surface area contributed by atoms with Crippen LogP contribution in [0.5, 0.6) is 0 Å². The van der Waals surface area contributed by atoms with E-state index in [1.807, 2.05) is 0 Å². The number of hydrogen-bond donors (Lipinski definition) is 1. The van der Waals surface area contributed by atoms with Crippen LogP contribution in [0.1, 0.15) is 47.0 Å². The van der Waals surface area contributed by atoms with E-state index in [2.05, 4.69) is 37.9 Å². The molecule has 0 aromatic heterocycles. The van der Waals surface area contributed by atoms with Crippen LogP contribution in [-0.2, 0) is 0 Å². The molecule has 2 fully saturated rings. The maximum Gasteiger partial charge on any atom is 0.00106 e. The molecule has 0 spiro atoms. The van der Waals surface area contributed by atoms with Crippen LogP contribution in [0, 0.1) is 23.2 Å². The third-order valence-corrected chi connectivity index (χ3v) is 5.21. The molecule has 0 bridgehead atoms. The zero-order valence-corrected chi connectivity index (χ0v) is 12.8. The molecule has 2 saturated heterocycles. The Balaban J connectivity index is 1.78. The topological polar surface area (TPSA) is 15.3 Å². The van der Waals surface area contributed by atoms with Gasteiger partial charge in [0.1, 0.15) is 0 Å². The molecule has 18 heavy (non-hydrogen) atoms. The van der Waals surface area contributed by atoms with E-state index in [4.69, 9.17) is 0 Å². The molecule has 2 heterocycles. The average Bonchev–Trinajstić information content (AvgIpc) is 2.39. The second-order valence-electron chi connectivity index (χ2n) is 7.69. The second-order valence-corrected chi connectivity index (χ2v) is 7.69. The Bertz CT molecular complexity index is 252. The Kier molecular flexibility index (Phi) is 4.71. The molecule has 0 aromatic carbocycles. The van der Waals surface area contributed by atoms with Crippen LogP contribution in [0.4, 0.5) is 0 Å². The van der Waals surface area contributed by atoms with Crippen molar-refractivity contribution in [2.75, 3.05) is 32.7 Å². The van der Waals surface area contributed by atoms with Gasteiger partial charge >= 0.3 is 0 Å². The number of rotatable bonds is 3. The highest BCUT2D eigenvalue weighted by Gasteiger charge is 2.29. The van der Waals surface area contributed by atoms with Crippen molar-refractivity contribution >= 4 is 0 Å². The molecule has 0 aliphatic carbocycles. The van der Waals surface area contributed by atoms with Crippen molar-refractivity contribution in [3.8, 4) is 0 Å². The zero-order valence-electron chi connectivity index (χ0n) is 12.8. The first-order chi connectivity index (χ1) is 8.47. The summed E-state index contributed by atoms with van der Waals surface area (Å²) >= 11 is 0. The van der Waals surface area contributed by atoms with Crippen molar-refractivity contribution < 1.29 is 0 Å². The zero-order chi connectivity index (χ0) is 13.2. The van der Waals surface area contributed by atoms with Crippen LogP contribution in [0.2, 0.25) is 0 Å². The first kappa shape index (κ1) is 14.3. The molecule has 2 unspecified atom stereocenters. The Labute approximate surface area is 114 Å². The highest BCUT2D eigenvalue weighted by molar-refractivity contribution is 4.83. The van der Waals surface area contributed by atoms with Gasteiger partial charge in [-0.2, -0.15) is 0 Å². The Hall–Kier alpha value is -0.0800. The lowest BCUT2D eigenvalue weighted by Crippen LogP contribution is -2.48. The number of likely N-dealkylation sites (tertiary alicyclic amines) is 1. The molecule has 106 valence electrons. The normalized spacial score (nSPS) is 29.7. The fourth-order valence-corrected chi connectivity index (χ4v) is 3.47. The SMILES string of the molecule is CC(CN1CCCC(C(C)(C)C)CC1)C1CNC1. The number of hydrogen-bond acceptors (Lipinski definition) is 2. The highest BCUT2D eigenvalue weighted by Crippen LogP contribution is 2.34. The summed E-state index contributed by atoms with van der Waals surface area (Å²) in [4.78, 5) is 2.73. The molecule has 1 N–H and O–H groups in total. The number of nitrogens with zero attached hydrogens (tertiary/aromatic N) is 1. The molecular formula is C16H32N2. The summed E-state index contributed by atoms with van der Waals surface area (Å²) < 4.78 is 0. The van der Waals surface area contributed by atoms with E-state index in [-0.39, 0.29) is 0 Å². The van der Waals surface area contributed by atoms with Gasteiger partial charge < -0.3 is 10.2 Å². The molecule has 2 heteroatoms. The Morgan fingerprint density at radius 3 is 2.44 bits per heavy atom. The molecule has 0 amide bonds. The van der Waals surface area contributed by atoms with Crippen molar-refractivity contribution in [3.63, 3.8) is 0 Å². The van der Waals surface area contributed by atoms with Gasteiger partial charge in [0.05, 0.1) is 0 Å². The van der Waals surface area contributed by atoms with Crippen LogP contribution in [0.15, 0.2) is 0 Å². The fourth-order valence-electron chi connectivity index (χ4n) is 3.47. The second kappa shape index (κ2) is 5.92. The molecule has 0 aromatic rings. The van der Waals surface area contributed by atoms with Crippen LogP contribution in [0.25, 0.3) is 0 Å². The largest absolute Gasteiger partial charge is 0.316 e. The third kappa shape index (κ3) is 3.71. The van der Waals surface area contributed by atoms with Crippen molar-refractivity contribution in [2.24, 2.45) is 23.2 Å². The average molecular weight is 252 g/mol. The molecule has 2 aliphatic heterocycles. The Morgan fingerprint density at radius 1 is 1.17 bits per heavy atom. The molecule has 2 atom stereocenters. The summed E-state index contributed by atoms with van der Waals surface area (Å²) in [5, 5.41) is 3.40. The van der Waals surface area contributed by atoms with Gasteiger partial charge in [0, 0.05) is 6.54 Å². The summed E-state index contributed by atoms with van der Waals surface area (Å²) in [5.74, 6) is 2.73. The summed E-state index contributed by atoms with van der Waals surface area (Å²) in [5.41, 5.74) is 0.500. The standard InChI is InChI=1S/C16H32N2/c1-13(14-10-17-11-14)12-18-8-5-6-15(7-9-18)16(2,3)4/h13-15,17H,5-12H2,1-4H3. The van der Waals surface area contributed by atoms with Gasteiger partial charge in [-0.1, -0.05) is 27.7 Å². The van der Waals surface area contributed by atoms with E-state index in [1.54, 1.807) is 0 Å². The van der Waals surface area contributed by atoms with Crippen molar-refractivity contribution in [3.05, 3.63) is 0 Å². The Morgan fingerprint density at radius 2 is 1.89 bits per heavy atom. The summed E-state index contributed by atoms with van der Waals surface area (Å²) in [6.07, 6.45) is 4.23. The van der Waals surface area contributed by atoms with Crippen molar-refractivity contribution in [2.45, 2.75) is 47.0 Å². The maximum atomic E-state index is 3.40. The van der Waals surface area contributed by atoms with Gasteiger partial charge in [-0.05, 0) is 68.6 Å². The van der Waals surface area contributed by atoms with Gasteiger partial charge in [0.2, 0.25) is 0 Å². The number of nitrogens with one attached hydrogen (secondary N) is 1. The van der Waals surface area contributed by atoms with E-state index in [1.165, 1.54) is 52.0 Å². The lowest BCUT2D eigenvalue weighted by atomic mass is 9.77.